The molecule has 0 aliphatic heterocycles. The molecular formula is C24H25FN8. The van der Waals surface area contributed by atoms with Gasteiger partial charge in [-0.3, -0.25) is 0 Å². The molecule has 0 saturated heterocycles. The molecular weight excluding hydrogens is 419 g/mol. The third kappa shape index (κ3) is 4.17. The van der Waals surface area contributed by atoms with E-state index in [9.17, 15) is 4.39 Å². The average Bonchev–Trinajstić information content (AvgIpc) is 3.41. The van der Waals surface area contributed by atoms with Gasteiger partial charge in [0.25, 0.3) is 0 Å². The molecule has 1 aliphatic carbocycles. The molecule has 0 spiro atoms. The Morgan fingerprint density at radius 2 is 2.09 bits per heavy atom. The molecule has 2 heterocycles. The van der Waals surface area contributed by atoms with Crippen LogP contribution in [0.2, 0.25) is 0 Å². The third-order valence-corrected chi connectivity index (χ3v) is 6.33. The van der Waals surface area contributed by atoms with Gasteiger partial charge in [0.2, 0.25) is 0 Å². The topological polar surface area (TPSA) is 110 Å². The van der Waals surface area contributed by atoms with Crippen LogP contribution in [0.4, 0.5) is 10.2 Å². The van der Waals surface area contributed by atoms with E-state index in [1.807, 2.05) is 37.4 Å². The van der Waals surface area contributed by atoms with Gasteiger partial charge in [-0.1, -0.05) is 17.7 Å². The minimum atomic E-state index is -0.558. The number of aromatic nitrogens is 5. The van der Waals surface area contributed by atoms with Gasteiger partial charge in [0.05, 0.1) is 22.5 Å². The lowest BCUT2D eigenvalue weighted by Gasteiger charge is -2.26. The molecule has 2 aromatic heterocycles. The first-order valence-electron chi connectivity index (χ1n) is 11.1. The van der Waals surface area contributed by atoms with Crippen LogP contribution in [0.15, 0.2) is 42.5 Å². The van der Waals surface area contributed by atoms with Crippen LogP contribution in [0.1, 0.15) is 31.2 Å². The van der Waals surface area contributed by atoms with Gasteiger partial charge in [-0.25, -0.2) is 13.8 Å². The van der Waals surface area contributed by atoms with Gasteiger partial charge in [-0.05, 0) is 55.5 Å². The van der Waals surface area contributed by atoms with Crippen LogP contribution in [0.3, 0.4) is 0 Å². The van der Waals surface area contributed by atoms with Crippen LogP contribution < -0.4 is 11.1 Å². The SMILES string of the molecule is Cn1nnc2cc(-n3nc(NC[C@H]4CCC[C@H](N)C4)cc3-c3ccc(C#N)c(F)c3)ccc21. The fourth-order valence-corrected chi connectivity index (χ4v) is 4.56. The zero-order chi connectivity index (χ0) is 22.9. The number of rotatable bonds is 5. The molecule has 3 N–H and O–H groups in total. The van der Waals surface area contributed by atoms with E-state index in [4.69, 9.17) is 16.1 Å². The number of aryl methyl sites for hydroxylation is 1. The predicted molar refractivity (Wildman–Crippen MR) is 124 cm³/mol. The van der Waals surface area contributed by atoms with E-state index in [1.54, 1.807) is 15.4 Å². The number of nitrogens with one attached hydrogen (secondary N) is 1. The summed E-state index contributed by atoms with van der Waals surface area (Å²) in [5.41, 5.74) is 9.93. The Bertz CT molecular complexity index is 1350. The highest BCUT2D eigenvalue weighted by molar-refractivity contribution is 5.78. The fraction of sp³-hybridized carbons (Fsp3) is 0.333. The van der Waals surface area contributed by atoms with Crippen molar-refractivity contribution >= 4 is 16.9 Å². The number of nitrogens with zero attached hydrogens (tertiary/aromatic N) is 6. The minimum Gasteiger partial charge on any atom is -0.368 e. The first-order valence-corrected chi connectivity index (χ1v) is 11.1. The predicted octanol–water partition coefficient (Wildman–Crippen LogP) is 3.76. The Hall–Kier alpha value is -3.77. The van der Waals surface area contributed by atoms with Crippen LogP contribution in [0.5, 0.6) is 0 Å². The van der Waals surface area contributed by atoms with Crippen molar-refractivity contribution in [2.45, 2.75) is 31.7 Å². The largest absolute Gasteiger partial charge is 0.368 e. The number of halogens is 1. The highest BCUT2D eigenvalue weighted by atomic mass is 19.1. The van der Waals surface area contributed by atoms with E-state index in [0.29, 0.717) is 23.0 Å². The standard InChI is InChI=1S/C24H25FN8/c1-32-22-8-7-19(11-21(22)29-31-32)33-23(16-5-6-17(13-26)20(25)10-16)12-24(30-33)28-14-15-3-2-4-18(27)9-15/h5-8,10-12,15,18H,2-4,9,14,27H2,1H3,(H,28,30)/t15-,18-/m0/s1. The molecule has 168 valence electrons. The van der Waals surface area contributed by atoms with Gasteiger partial charge in [0.15, 0.2) is 0 Å². The zero-order valence-corrected chi connectivity index (χ0v) is 18.4. The van der Waals surface area contributed by atoms with E-state index in [0.717, 1.165) is 48.9 Å². The molecule has 0 unspecified atom stereocenters. The third-order valence-electron chi connectivity index (χ3n) is 6.33. The maximum Gasteiger partial charge on any atom is 0.149 e. The van der Waals surface area contributed by atoms with Crippen molar-refractivity contribution in [1.29, 1.82) is 5.26 Å². The molecule has 5 rings (SSSR count). The van der Waals surface area contributed by atoms with Crippen molar-refractivity contribution in [1.82, 2.24) is 24.8 Å². The Morgan fingerprint density at radius 1 is 1.21 bits per heavy atom. The molecule has 2 atom stereocenters. The van der Waals surface area contributed by atoms with Crippen molar-refractivity contribution in [3.05, 3.63) is 53.8 Å². The first-order chi connectivity index (χ1) is 16.0. The Kier molecular flexibility index (Phi) is 5.52. The molecule has 0 amide bonds. The molecule has 1 saturated carbocycles. The van der Waals surface area contributed by atoms with Gasteiger partial charge in [-0.2, -0.15) is 5.26 Å². The summed E-state index contributed by atoms with van der Waals surface area (Å²) in [6.07, 6.45) is 4.39. The maximum absolute atomic E-state index is 14.4. The smallest absolute Gasteiger partial charge is 0.149 e. The number of nitrogens with two attached hydrogens (primary N) is 1. The molecule has 1 fully saturated rings. The minimum absolute atomic E-state index is 0.0118. The number of benzene rings is 2. The van der Waals surface area contributed by atoms with Gasteiger partial charge < -0.3 is 11.1 Å². The van der Waals surface area contributed by atoms with Gasteiger partial charge in [0.1, 0.15) is 23.2 Å². The average molecular weight is 445 g/mol. The lowest BCUT2D eigenvalue weighted by Crippen LogP contribution is -2.31. The summed E-state index contributed by atoms with van der Waals surface area (Å²) < 4.78 is 17.9. The monoisotopic (exact) mass is 444 g/mol. The highest BCUT2D eigenvalue weighted by Crippen LogP contribution is 2.29. The molecule has 0 radical (unpaired) electrons. The van der Waals surface area contributed by atoms with Crippen molar-refractivity contribution in [2.75, 3.05) is 11.9 Å². The second kappa shape index (κ2) is 8.64. The maximum atomic E-state index is 14.4. The molecule has 1 aliphatic rings. The number of hydrogen-bond acceptors (Lipinski definition) is 6. The normalized spacial score (nSPS) is 18.4. The van der Waals surface area contributed by atoms with Gasteiger partial charge in [-0.15, -0.1) is 10.2 Å². The van der Waals surface area contributed by atoms with Crippen LogP contribution in [0.25, 0.3) is 28.0 Å². The van der Waals surface area contributed by atoms with Crippen molar-refractivity contribution in [2.24, 2.45) is 18.7 Å². The lowest BCUT2D eigenvalue weighted by molar-refractivity contribution is 0.335. The van der Waals surface area contributed by atoms with E-state index >= 15 is 0 Å². The summed E-state index contributed by atoms with van der Waals surface area (Å²) >= 11 is 0. The number of nitriles is 1. The first kappa shape index (κ1) is 21.1. The Morgan fingerprint density at radius 3 is 2.88 bits per heavy atom. The molecule has 8 nitrogen and oxygen atoms in total. The van der Waals surface area contributed by atoms with Crippen LogP contribution in [-0.2, 0) is 7.05 Å². The summed E-state index contributed by atoms with van der Waals surface area (Å²) in [6, 6.07) is 14.4. The van der Waals surface area contributed by atoms with Crippen molar-refractivity contribution in [3.8, 4) is 23.0 Å². The summed E-state index contributed by atoms with van der Waals surface area (Å²) in [5.74, 6) is 0.650. The number of hydrogen-bond donors (Lipinski definition) is 2. The van der Waals surface area contributed by atoms with Crippen LogP contribution >= 0.6 is 0 Å². The summed E-state index contributed by atoms with van der Waals surface area (Å²) in [4.78, 5) is 0. The summed E-state index contributed by atoms with van der Waals surface area (Å²) in [6.45, 7) is 0.787. The molecule has 4 aromatic rings. The second-order valence-electron chi connectivity index (χ2n) is 8.69. The van der Waals surface area contributed by atoms with Gasteiger partial charge >= 0.3 is 0 Å². The Balaban J connectivity index is 1.52. The molecule has 9 heteroatoms. The molecule has 2 aromatic carbocycles. The second-order valence-corrected chi connectivity index (χ2v) is 8.69. The number of fused-ring (bicyclic) bond motifs is 1. The van der Waals surface area contributed by atoms with Crippen molar-refractivity contribution in [3.63, 3.8) is 0 Å². The van der Waals surface area contributed by atoms with E-state index in [-0.39, 0.29) is 11.6 Å². The Labute approximate surface area is 190 Å². The number of anilines is 1. The summed E-state index contributed by atoms with van der Waals surface area (Å²) in [5, 5.41) is 25.6. The zero-order valence-electron chi connectivity index (χ0n) is 18.4. The van der Waals surface area contributed by atoms with E-state index in [2.05, 4.69) is 15.6 Å². The molecule has 33 heavy (non-hydrogen) atoms. The van der Waals surface area contributed by atoms with Crippen molar-refractivity contribution < 1.29 is 4.39 Å². The van der Waals surface area contributed by atoms with E-state index < -0.39 is 5.82 Å². The molecule has 0 bridgehead atoms. The summed E-state index contributed by atoms with van der Waals surface area (Å²) in [7, 11) is 1.84. The van der Waals surface area contributed by atoms with E-state index in [1.165, 1.54) is 12.1 Å². The quantitative estimate of drug-likeness (QED) is 0.485. The van der Waals surface area contributed by atoms with Gasteiger partial charge in [0, 0.05) is 31.3 Å². The highest BCUT2D eigenvalue weighted by Gasteiger charge is 2.20. The fourth-order valence-electron chi connectivity index (χ4n) is 4.56. The van der Waals surface area contributed by atoms with Crippen LogP contribution in [-0.4, -0.2) is 37.4 Å². The van der Waals surface area contributed by atoms with Crippen LogP contribution in [0, 0.1) is 23.1 Å². The lowest BCUT2D eigenvalue weighted by atomic mass is 9.86.